The molecule has 6 heteroatoms. The van der Waals surface area contributed by atoms with E-state index in [1.165, 1.54) is 12.1 Å². The molecule has 80 valence electrons. The van der Waals surface area contributed by atoms with Crippen molar-refractivity contribution in [2.24, 2.45) is 5.73 Å². The summed E-state index contributed by atoms with van der Waals surface area (Å²) in [4.78, 5) is 20.8. The number of nitro groups is 1. The zero-order valence-corrected chi connectivity index (χ0v) is 7.77. The SMILES string of the molecule is NCCC(=O)c1cccc([N+](=O)[O-])c1F. The number of nitrogens with zero attached hydrogens (tertiary/aromatic N) is 1. The van der Waals surface area contributed by atoms with Gasteiger partial charge in [0.2, 0.25) is 5.82 Å². The van der Waals surface area contributed by atoms with Gasteiger partial charge in [-0.25, -0.2) is 0 Å². The first-order valence-corrected chi connectivity index (χ1v) is 4.24. The second-order valence-electron chi connectivity index (χ2n) is 2.86. The summed E-state index contributed by atoms with van der Waals surface area (Å²) in [5.41, 5.74) is 4.16. The number of rotatable bonds is 4. The normalized spacial score (nSPS) is 10.0. The Kier molecular flexibility index (Phi) is 3.46. The van der Waals surface area contributed by atoms with Crippen LogP contribution in [0.2, 0.25) is 0 Å². The molecule has 0 aromatic heterocycles. The van der Waals surface area contributed by atoms with Crippen LogP contribution in [-0.4, -0.2) is 17.3 Å². The molecule has 0 atom stereocenters. The Balaban J connectivity index is 3.15. The van der Waals surface area contributed by atoms with E-state index in [0.717, 1.165) is 6.07 Å². The maximum Gasteiger partial charge on any atom is 0.305 e. The summed E-state index contributed by atoms with van der Waals surface area (Å²) < 4.78 is 13.4. The highest BCUT2D eigenvalue weighted by Gasteiger charge is 2.20. The van der Waals surface area contributed by atoms with Gasteiger partial charge >= 0.3 is 5.69 Å². The highest BCUT2D eigenvalue weighted by molar-refractivity contribution is 5.97. The molecule has 1 aromatic rings. The quantitative estimate of drug-likeness (QED) is 0.462. The van der Waals surface area contributed by atoms with Gasteiger partial charge in [-0.1, -0.05) is 6.07 Å². The molecule has 0 bridgehead atoms. The number of halogens is 1. The molecule has 1 aromatic carbocycles. The van der Waals surface area contributed by atoms with Gasteiger partial charge < -0.3 is 5.73 Å². The van der Waals surface area contributed by atoms with E-state index in [9.17, 15) is 19.3 Å². The van der Waals surface area contributed by atoms with Crippen molar-refractivity contribution < 1.29 is 14.1 Å². The van der Waals surface area contributed by atoms with Gasteiger partial charge in [-0.3, -0.25) is 14.9 Å². The number of carbonyl (C=O) groups excluding carboxylic acids is 1. The minimum absolute atomic E-state index is 0.0297. The van der Waals surface area contributed by atoms with Gasteiger partial charge in [0.1, 0.15) is 0 Å². The van der Waals surface area contributed by atoms with E-state index in [-0.39, 0.29) is 18.5 Å². The summed E-state index contributed by atoms with van der Waals surface area (Å²) in [7, 11) is 0. The van der Waals surface area contributed by atoms with Crippen LogP contribution in [0.5, 0.6) is 0 Å². The summed E-state index contributed by atoms with van der Waals surface area (Å²) in [6, 6.07) is 3.49. The fourth-order valence-corrected chi connectivity index (χ4v) is 1.14. The van der Waals surface area contributed by atoms with Crippen molar-refractivity contribution in [3.05, 3.63) is 39.7 Å². The first-order valence-electron chi connectivity index (χ1n) is 4.24. The van der Waals surface area contributed by atoms with E-state index < -0.39 is 22.2 Å². The lowest BCUT2D eigenvalue weighted by Gasteiger charge is -2.01. The van der Waals surface area contributed by atoms with Crippen LogP contribution >= 0.6 is 0 Å². The highest BCUT2D eigenvalue weighted by Crippen LogP contribution is 2.20. The molecule has 0 amide bonds. The van der Waals surface area contributed by atoms with Crippen molar-refractivity contribution >= 4 is 11.5 Å². The molecule has 0 heterocycles. The summed E-state index contributed by atoms with van der Waals surface area (Å²) in [6.45, 7) is 0.0843. The van der Waals surface area contributed by atoms with Crippen molar-refractivity contribution in [1.82, 2.24) is 0 Å². The number of hydrogen-bond donors (Lipinski definition) is 1. The van der Waals surface area contributed by atoms with Gasteiger partial charge in [0, 0.05) is 12.5 Å². The predicted octanol–water partition coefficient (Wildman–Crippen LogP) is 1.27. The zero-order chi connectivity index (χ0) is 11.4. The Morgan fingerprint density at radius 1 is 1.53 bits per heavy atom. The average Bonchev–Trinajstić information content (AvgIpc) is 2.17. The second-order valence-corrected chi connectivity index (χ2v) is 2.86. The third kappa shape index (κ3) is 2.35. The Morgan fingerprint density at radius 2 is 2.20 bits per heavy atom. The maximum atomic E-state index is 13.4. The third-order valence-corrected chi connectivity index (χ3v) is 1.85. The number of hydrogen-bond acceptors (Lipinski definition) is 4. The molecule has 5 nitrogen and oxygen atoms in total. The van der Waals surface area contributed by atoms with Crippen molar-refractivity contribution in [1.29, 1.82) is 0 Å². The molecular formula is C9H9FN2O3. The van der Waals surface area contributed by atoms with E-state index in [4.69, 9.17) is 5.73 Å². The third-order valence-electron chi connectivity index (χ3n) is 1.85. The lowest BCUT2D eigenvalue weighted by Crippen LogP contribution is -2.10. The lowest BCUT2D eigenvalue weighted by atomic mass is 10.1. The Bertz CT molecular complexity index is 406. The molecule has 15 heavy (non-hydrogen) atoms. The van der Waals surface area contributed by atoms with Gasteiger partial charge in [-0.15, -0.1) is 0 Å². The highest BCUT2D eigenvalue weighted by atomic mass is 19.1. The smallest absolute Gasteiger partial charge is 0.305 e. The maximum absolute atomic E-state index is 13.4. The molecule has 0 aliphatic carbocycles. The first kappa shape index (κ1) is 11.3. The first-order chi connectivity index (χ1) is 7.07. The molecule has 0 saturated carbocycles. The van der Waals surface area contributed by atoms with E-state index in [1.807, 2.05) is 0 Å². The summed E-state index contributed by atoms with van der Waals surface area (Å²) in [6.07, 6.45) is -0.0297. The lowest BCUT2D eigenvalue weighted by molar-refractivity contribution is -0.387. The van der Waals surface area contributed by atoms with Crippen molar-refractivity contribution in [3.63, 3.8) is 0 Å². The number of nitro benzene ring substituents is 1. The Morgan fingerprint density at radius 3 is 2.73 bits per heavy atom. The molecule has 0 aliphatic heterocycles. The molecule has 0 aliphatic rings. The van der Waals surface area contributed by atoms with Crippen LogP contribution < -0.4 is 5.73 Å². The number of nitrogens with two attached hydrogens (primary N) is 1. The van der Waals surface area contributed by atoms with Crippen molar-refractivity contribution in [3.8, 4) is 0 Å². The fraction of sp³-hybridized carbons (Fsp3) is 0.222. The van der Waals surface area contributed by atoms with Crippen molar-refractivity contribution in [2.75, 3.05) is 6.54 Å². The molecule has 1 rings (SSSR count). The second kappa shape index (κ2) is 4.61. The van der Waals surface area contributed by atoms with Crippen LogP contribution in [0.1, 0.15) is 16.8 Å². The average molecular weight is 212 g/mol. The van der Waals surface area contributed by atoms with Gasteiger partial charge in [-0.05, 0) is 12.6 Å². The minimum Gasteiger partial charge on any atom is -0.330 e. The van der Waals surface area contributed by atoms with Gasteiger partial charge in [0.25, 0.3) is 0 Å². The van der Waals surface area contributed by atoms with E-state index in [2.05, 4.69) is 0 Å². The number of Topliss-reactive ketones (excluding diaryl/α,β-unsaturated/α-hetero) is 1. The summed E-state index contributed by atoms with van der Waals surface area (Å²) in [5.74, 6) is -1.63. The summed E-state index contributed by atoms with van der Waals surface area (Å²) >= 11 is 0. The Labute approximate surface area is 84.8 Å². The standard InChI is InChI=1S/C9H9FN2O3/c10-9-6(8(13)4-5-11)2-1-3-7(9)12(14)15/h1-3H,4-5,11H2. The molecule has 0 fully saturated rings. The molecule has 2 N–H and O–H groups in total. The van der Waals surface area contributed by atoms with Crippen LogP contribution in [0.25, 0.3) is 0 Å². The van der Waals surface area contributed by atoms with E-state index in [1.54, 1.807) is 0 Å². The van der Waals surface area contributed by atoms with Crippen LogP contribution in [0.4, 0.5) is 10.1 Å². The molecule has 0 spiro atoms. The number of ketones is 1. The fourth-order valence-electron chi connectivity index (χ4n) is 1.14. The predicted molar refractivity (Wildman–Crippen MR) is 51.1 cm³/mol. The van der Waals surface area contributed by atoms with Crippen LogP contribution in [0.15, 0.2) is 18.2 Å². The van der Waals surface area contributed by atoms with Gasteiger partial charge in [0.15, 0.2) is 5.78 Å². The van der Waals surface area contributed by atoms with Crippen molar-refractivity contribution in [2.45, 2.75) is 6.42 Å². The van der Waals surface area contributed by atoms with Crippen LogP contribution in [0, 0.1) is 15.9 Å². The van der Waals surface area contributed by atoms with Crippen LogP contribution in [-0.2, 0) is 0 Å². The Hall–Kier alpha value is -1.82. The minimum atomic E-state index is -1.10. The van der Waals surface area contributed by atoms with Crippen LogP contribution in [0.3, 0.4) is 0 Å². The molecule has 0 unspecified atom stereocenters. The topological polar surface area (TPSA) is 86.2 Å². The zero-order valence-electron chi connectivity index (χ0n) is 7.77. The van der Waals surface area contributed by atoms with E-state index in [0.29, 0.717) is 0 Å². The monoisotopic (exact) mass is 212 g/mol. The molecule has 0 radical (unpaired) electrons. The summed E-state index contributed by atoms with van der Waals surface area (Å²) in [5, 5.41) is 10.4. The van der Waals surface area contributed by atoms with Gasteiger partial charge in [0.05, 0.1) is 10.5 Å². The number of benzene rings is 1. The number of carbonyl (C=O) groups is 1. The molecule has 0 saturated heterocycles. The molecular weight excluding hydrogens is 203 g/mol. The van der Waals surface area contributed by atoms with Gasteiger partial charge in [-0.2, -0.15) is 4.39 Å². The largest absolute Gasteiger partial charge is 0.330 e. The van der Waals surface area contributed by atoms with E-state index >= 15 is 0 Å².